The smallest absolute Gasteiger partial charge is 0.283 e. The third kappa shape index (κ3) is 4.44. The highest BCUT2D eigenvalue weighted by molar-refractivity contribution is 6.67. The lowest BCUT2D eigenvalue weighted by atomic mass is 10.8. The topological polar surface area (TPSA) is 9.23 Å². The van der Waals surface area contributed by atoms with E-state index in [1.54, 1.807) is 0 Å². The first-order valence-corrected chi connectivity index (χ1v) is 3.12. The van der Waals surface area contributed by atoms with Crippen LogP contribution in [0.15, 0.2) is 0 Å². The van der Waals surface area contributed by atoms with Crippen LogP contribution in [-0.4, -0.2) is 16.8 Å². The average molecular weight is 217 g/mol. The predicted octanol–water partition coefficient (Wildman–Crippen LogP) is 2.89. The van der Waals surface area contributed by atoms with Gasteiger partial charge in [-0.3, -0.25) is 4.74 Å². The molecule has 0 aromatic heterocycles. The van der Waals surface area contributed by atoms with Gasteiger partial charge in [-0.2, -0.15) is 8.78 Å². The average Bonchev–Trinajstić information content (AvgIpc) is 1.60. The quantitative estimate of drug-likeness (QED) is 0.646. The van der Waals surface area contributed by atoms with Crippen LogP contribution in [0.2, 0.25) is 0 Å². The van der Waals surface area contributed by atoms with Crippen LogP contribution in [0.5, 0.6) is 0 Å². The molecule has 1 nitrogen and oxygen atoms in total. The maximum atomic E-state index is 12.1. The SMILES string of the molecule is FC(F)OC(F)C(Cl)(Cl)Cl. The predicted molar refractivity (Wildman–Crippen MR) is 32.3 cm³/mol. The molecule has 0 radical (unpaired) electrons. The molecule has 0 aliphatic carbocycles. The summed E-state index contributed by atoms with van der Waals surface area (Å²) < 4.78 is 35.2. The Bertz CT molecular complexity index is 104. The van der Waals surface area contributed by atoms with Crippen molar-refractivity contribution in [3.05, 3.63) is 0 Å². The van der Waals surface area contributed by atoms with Gasteiger partial charge in [0.05, 0.1) is 0 Å². The second kappa shape index (κ2) is 3.85. The molecule has 0 saturated carbocycles. The number of ether oxygens (including phenoxy) is 1. The Balaban J connectivity index is 3.73. The molecule has 0 aromatic carbocycles. The van der Waals surface area contributed by atoms with Crippen LogP contribution < -0.4 is 0 Å². The van der Waals surface area contributed by atoms with E-state index in [-0.39, 0.29) is 0 Å². The van der Waals surface area contributed by atoms with Crippen LogP contribution in [-0.2, 0) is 4.74 Å². The standard InChI is InChI=1S/C3H2Cl3F3O/c4-3(5,6)1(7)10-2(8)9/h1-2H. The molecule has 0 amide bonds. The number of hydrogen-bond acceptors (Lipinski definition) is 1. The lowest BCUT2D eigenvalue weighted by Gasteiger charge is -2.15. The lowest BCUT2D eigenvalue weighted by molar-refractivity contribution is -0.198. The van der Waals surface area contributed by atoms with Crippen LogP contribution in [0.4, 0.5) is 13.2 Å². The fourth-order valence-corrected chi connectivity index (χ4v) is 0.322. The largest absolute Gasteiger partial charge is 0.347 e. The van der Waals surface area contributed by atoms with Gasteiger partial charge in [-0.1, -0.05) is 34.8 Å². The minimum absolute atomic E-state index is 2.46. The summed E-state index contributed by atoms with van der Waals surface area (Å²) in [6, 6.07) is 0. The summed E-state index contributed by atoms with van der Waals surface area (Å²) in [5, 5.41) is 0. The molecule has 0 rings (SSSR count). The first kappa shape index (κ1) is 10.6. The molecule has 0 aliphatic heterocycles. The molecule has 7 heteroatoms. The monoisotopic (exact) mass is 216 g/mol. The van der Waals surface area contributed by atoms with Gasteiger partial charge in [0.2, 0.25) is 3.79 Å². The fourth-order valence-electron chi connectivity index (χ4n) is 0.167. The van der Waals surface area contributed by atoms with E-state index >= 15 is 0 Å². The first-order valence-electron chi connectivity index (χ1n) is 1.98. The third-order valence-corrected chi connectivity index (χ3v) is 0.994. The molecule has 0 heterocycles. The van der Waals surface area contributed by atoms with E-state index in [2.05, 4.69) is 4.74 Å². The van der Waals surface area contributed by atoms with E-state index in [0.717, 1.165) is 0 Å². The zero-order chi connectivity index (χ0) is 8.36. The molecule has 62 valence electrons. The number of halogens is 6. The van der Waals surface area contributed by atoms with Gasteiger partial charge in [-0.05, 0) is 0 Å². The van der Waals surface area contributed by atoms with E-state index in [0.29, 0.717) is 0 Å². The van der Waals surface area contributed by atoms with Gasteiger partial charge in [-0.25, -0.2) is 4.39 Å². The van der Waals surface area contributed by atoms with Crippen molar-refractivity contribution in [1.82, 2.24) is 0 Å². The van der Waals surface area contributed by atoms with Crippen molar-refractivity contribution in [3.63, 3.8) is 0 Å². The zero-order valence-electron chi connectivity index (χ0n) is 4.33. The van der Waals surface area contributed by atoms with Crippen molar-refractivity contribution in [3.8, 4) is 0 Å². The highest BCUT2D eigenvalue weighted by Crippen LogP contribution is 2.33. The minimum atomic E-state index is -3.29. The molecule has 0 bridgehead atoms. The van der Waals surface area contributed by atoms with Crippen molar-refractivity contribution in [1.29, 1.82) is 0 Å². The molecular weight excluding hydrogens is 215 g/mol. The van der Waals surface area contributed by atoms with Crippen LogP contribution in [0.25, 0.3) is 0 Å². The van der Waals surface area contributed by atoms with Crippen LogP contribution in [0, 0.1) is 0 Å². The molecular formula is C3H2Cl3F3O. The Labute approximate surface area is 70.0 Å². The molecule has 1 atom stereocenters. The van der Waals surface area contributed by atoms with E-state index in [4.69, 9.17) is 34.8 Å². The maximum Gasteiger partial charge on any atom is 0.347 e. The molecule has 0 spiro atoms. The summed E-state index contributed by atoms with van der Waals surface area (Å²) in [6.45, 7) is -3.29. The molecule has 0 aromatic rings. The Hall–Kier alpha value is 0.620. The second-order valence-corrected chi connectivity index (χ2v) is 3.62. The summed E-state index contributed by atoms with van der Waals surface area (Å²) >= 11 is 14.5. The second-order valence-electron chi connectivity index (χ2n) is 1.25. The summed E-state index contributed by atoms with van der Waals surface area (Å²) in [6.07, 6.45) is -2.61. The van der Waals surface area contributed by atoms with Gasteiger partial charge >= 0.3 is 6.61 Å². The van der Waals surface area contributed by atoms with E-state index in [1.807, 2.05) is 0 Å². The third-order valence-electron chi connectivity index (χ3n) is 0.480. The fraction of sp³-hybridized carbons (Fsp3) is 1.00. The summed E-state index contributed by atoms with van der Waals surface area (Å²) in [4.78, 5) is 0. The van der Waals surface area contributed by atoms with E-state index < -0.39 is 16.8 Å². The normalized spacial score (nSPS) is 15.9. The van der Waals surface area contributed by atoms with Crippen molar-refractivity contribution < 1.29 is 17.9 Å². The molecule has 0 saturated heterocycles. The van der Waals surface area contributed by atoms with Crippen molar-refractivity contribution in [2.24, 2.45) is 0 Å². The Morgan fingerprint density at radius 3 is 1.60 bits per heavy atom. The van der Waals surface area contributed by atoms with Crippen molar-refractivity contribution in [2.45, 2.75) is 16.8 Å². The van der Waals surface area contributed by atoms with Crippen molar-refractivity contribution >= 4 is 34.8 Å². The van der Waals surface area contributed by atoms with Gasteiger partial charge in [0.1, 0.15) is 0 Å². The maximum absolute atomic E-state index is 12.1. The Morgan fingerprint density at radius 1 is 1.10 bits per heavy atom. The molecule has 0 aliphatic rings. The van der Waals surface area contributed by atoms with E-state index in [1.165, 1.54) is 0 Å². The summed E-state index contributed by atoms with van der Waals surface area (Å²) in [7, 11) is 0. The number of alkyl halides is 6. The van der Waals surface area contributed by atoms with Crippen LogP contribution in [0.1, 0.15) is 0 Å². The van der Waals surface area contributed by atoms with Crippen molar-refractivity contribution in [2.75, 3.05) is 0 Å². The minimum Gasteiger partial charge on any atom is -0.283 e. The molecule has 0 fully saturated rings. The van der Waals surface area contributed by atoms with Gasteiger partial charge in [0.15, 0.2) is 0 Å². The highest BCUT2D eigenvalue weighted by atomic mass is 35.6. The highest BCUT2D eigenvalue weighted by Gasteiger charge is 2.35. The number of hydrogen-bond donors (Lipinski definition) is 0. The van der Waals surface area contributed by atoms with Gasteiger partial charge in [-0.15, -0.1) is 0 Å². The number of rotatable bonds is 2. The Morgan fingerprint density at radius 2 is 1.50 bits per heavy atom. The Kier molecular flexibility index (Phi) is 4.09. The lowest BCUT2D eigenvalue weighted by Crippen LogP contribution is -2.25. The molecule has 1 unspecified atom stereocenters. The zero-order valence-corrected chi connectivity index (χ0v) is 6.60. The molecule has 10 heavy (non-hydrogen) atoms. The summed E-state index contributed by atoms with van der Waals surface area (Å²) in [5.41, 5.74) is 0. The summed E-state index contributed by atoms with van der Waals surface area (Å²) in [5.74, 6) is 0. The van der Waals surface area contributed by atoms with Crippen LogP contribution in [0.3, 0.4) is 0 Å². The van der Waals surface area contributed by atoms with Gasteiger partial charge in [0, 0.05) is 0 Å². The van der Waals surface area contributed by atoms with Gasteiger partial charge < -0.3 is 0 Å². The first-order chi connectivity index (χ1) is 4.34. The van der Waals surface area contributed by atoms with Gasteiger partial charge in [0.25, 0.3) is 6.36 Å². The van der Waals surface area contributed by atoms with Crippen LogP contribution >= 0.6 is 34.8 Å². The molecule has 0 N–H and O–H groups in total. The van der Waals surface area contributed by atoms with E-state index in [9.17, 15) is 13.2 Å².